The predicted molar refractivity (Wildman–Crippen MR) is 97.1 cm³/mol. The number of benzene rings is 2. The van der Waals surface area contributed by atoms with Gasteiger partial charge in [-0.3, -0.25) is 10.1 Å². The zero-order chi connectivity index (χ0) is 17.9. The van der Waals surface area contributed by atoms with E-state index in [0.717, 1.165) is 10.2 Å². The number of hydrogen-bond acceptors (Lipinski definition) is 7. The van der Waals surface area contributed by atoms with Crippen LogP contribution in [0, 0.1) is 0 Å². The lowest BCUT2D eigenvalue weighted by atomic mass is 10.2. The molecule has 4 aromatic rings. The number of hydrogen-bond donors (Lipinski definition) is 1. The zero-order valence-electron chi connectivity index (χ0n) is 13.8. The summed E-state index contributed by atoms with van der Waals surface area (Å²) < 4.78 is 8.19. The third kappa shape index (κ3) is 3.38. The van der Waals surface area contributed by atoms with Crippen LogP contribution in [0.5, 0.6) is 5.75 Å². The van der Waals surface area contributed by atoms with Crippen molar-refractivity contribution < 1.29 is 9.53 Å². The highest BCUT2D eigenvalue weighted by Crippen LogP contribution is 2.26. The first-order valence-electron chi connectivity index (χ1n) is 7.80. The number of fused-ring (bicyclic) bond motifs is 1. The highest BCUT2D eigenvalue weighted by molar-refractivity contribution is 7.22. The van der Waals surface area contributed by atoms with Crippen LogP contribution in [-0.2, 0) is 13.7 Å². The molecule has 1 N–H and O–H groups in total. The van der Waals surface area contributed by atoms with Crippen LogP contribution in [0.3, 0.4) is 0 Å². The van der Waals surface area contributed by atoms with Crippen molar-refractivity contribution in [1.29, 1.82) is 0 Å². The zero-order valence-corrected chi connectivity index (χ0v) is 14.6. The quantitative estimate of drug-likeness (QED) is 0.583. The van der Waals surface area contributed by atoms with Crippen molar-refractivity contribution in [2.75, 3.05) is 5.32 Å². The SMILES string of the molecule is Cn1nnnc1COc1ccc(C(=O)Nc2nc3ccccc3s2)cc1. The maximum atomic E-state index is 12.4. The van der Waals surface area contributed by atoms with Crippen molar-refractivity contribution >= 4 is 32.6 Å². The van der Waals surface area contributed by atoms with Gasteiger partial charge in [0.15, 0.2) is 11.0 Å². The number of nitrogens with zero attached hydrogens (tertiary/aromatic N) is 5. The number of thiazole rings is 1. The highest BCUT2D eigenvalue weighted by Gasteiger charge is 2.10. The van der Waals surface area contributed by atoms with Crippen LogP contribution < -0.4 is 10.1 Å². The maximum Gasteiger partial charge on any atom is 0.257 e. The molecule has 0 radical (unpaired) electrons. The van der Waals surface area contributed by atoms with E-state index < -0.39 is 0 Å². The van der Waals surface area contributed by atoms with Gasteiger partial charge in [-0.25, -0.2) is 9.67 Å². The van der Waals surface area contributed by atoms with Gasteiger partial charge in [0.1, 0.15) is 12.4 Å². The van der Waals surface area contributed by atoms with E-state index in [9.17, 15) is 4.79 Å². The van der Waals surface area contributed by atoms with E-state index in [1.165, 1.54) is 11.3 Å². The maximum absolute atomic E-state index is 12.4. The molecule has 0 saturated heterocycles. The molecule has 26 heavy (non-hydrogen) atoms. The Morgan fingerprint density at radius 1 is 1.19 bits per heavy atom. The van der Waals surface area contributed by atoms with Crippen molar-refractivity contribution in [3.8, 4) is 5.75 Å². The molecule has 0 saturated carbocycles. The standard InChI is InChI=1S/C17H14N6O2S/c1-23-15(20-21-22-23)10-25-12-8-6-11(7-9-12)16(24)19-17-18-13-4-2-3-5-14(13)26-17/h2-9H,10H2,1H3,(H,18,19,24). The highest BCUT2D eigenvalue weighted by atomic mass is 32.1. The Morgan fingerprint density at radius 3 is 2.73 bits per heavy atom. The monoisotopic (exact) mass is 366 g/mol. The van der Waals surface area contributed by atoms with Gasteiger partial charge in [0.05, 0.1) is 10.2 Å². The van der Waals surface area contributed by atoms with Crippen LogP contribution >= 0.6 is 11.3 Å². The Bertz CT molecular complexity index is 1020. The molecule has 0 bridgehead atoms. The summed E-state index contributed by atoms with van der Waals surface area (Å²) in [5.41, 5.74) is 1.40. The van der Waals surface area contributed by atoms with Crippen molar-refractivity contribution in [3.63, 3.8) is 0 Å². The lowest BCUT2D eigenvalue weighted by molar-refractivity contribution is 0.102. The van der Waals surface area contributed by atoms with Crippen LogP contribution in [0.25, 0.3) is 10.2 Å². The first-order valence-corrected chi connectivity index (χ1v) is 8.62. The average Bonchev–Trinajstić information content (AvgIpc) is 3.25. The smallest absolute Gasteiger partial charge is 0.257 e. The Labute approximate surface area is 152 Å². The molecule has 0 atom stereocenters. The van der Waals surface area contributed by atoms with Gasteiger partial charge in [-0.05, 0) is 46.8 Å². The molecule has 0 aliphatic rings. The van der Waals surface area contributed by atoms with E-state index >= 15 is 0 Å². The Morgan fingerprint density at radius 2 is 2.00 bits per heavy atom. The number of carbonyl (C=O) groups excluding carboxylic acids is 1. The normalized spacial score (nSPS) is 10.8. The lowest BCUT2D eigenvalue weighted by Gasteiger charge is -2.06. The number of aromatic nitrogens is 5. The first-order chi connectivity index (χ1) is 12.7. The van der Waals surface area contributed by atoms with Gasteiger partial charge < -0.3 is 4.74 Å². The molecule has 2 aromatic heterocycles. The first kappa shape index (κ1) is 16.2. The number of anilines is 1. The molecule has 0 aliphatic carbocycles. The predicted octanol–water partition coefficient (Wildman–Crippen LogP) is 2.65. The number of amides is 1. The molecule has 2 aromatic carbocycles. The molecular weight excluding hydrogens is 352 g/mol. The second-order valence-corrected chi connectivity index (χ2v) is 6.50. The minimum atomic E-state index is -0.215. The van der Waals surface area contributed by atoms with Crippen molar-refractivity contribution in [2.24, 2.45) is 7.05 Å². The molecule has 0 unspecified atom stereocenters. The molecular formula is C17H14N6O2S. The lowest BCUT2D eigenvalue weighted by Crippen LogP contribution is -2.11. The van der Waals surface area contributed by atoms with E-state index in [1.807, 2.05) is 24.3 Å². The number of rotatable bonds is 5. The largest absolute Gasteiger partial charge is 0.486 e. The fourth-order valence-corrected chi connectivity index (χ4v) is 3.18. The molecule has 1 amide bonds. The minimum Gasteiger partial charge on any atom is -0.486 e. The number of para-hydroxylation sites is 1. The molecule has 0 fully saturated rings. The van der Waals surface area contributed by atoms with Gasteiger partial charge in [0.25, 0.3) is 5.91 Å². The van der Waals surface area contributed by atoms with Gasteiger partial charge in [-0.2, -0.15) is 0 Å². The summed E-state index contributed by atoms with van der Waals surface area (Å²) >= 11 is 1.44. The van der Waals surface area contributed by atoms with Crippen LogP contribution in [0.1, 0.15) is 16.2 Å². The second kappa shape index (κ2) is 6.89. The summed E-state index contributed by atoms with van der Waals surface area (Å²) in [7, 11) is 1.74. The van der Waals surface area contributed by atoms with Gasteiger partial charge in [0.2, 0.25) is 0 Å². The van der Waals surface area contributed by atoms with Gasteiger partial charge >= 0.3 is 0 Å². The Hall–Kier alpha value is -3.33. The van der Waals surface area contributed by atoms with E-state index in [4.69, 9.17) is 4.74 Å². The molecule has 0 spiro atoms. The van der Waals surface area contributed by atoms with E-state index in [-0.39, 0.29) is 12.5 Å². The summed E-state index contributed by atoms with van der Waals surface area (Å²) in [5, 5.41) is 14.5. The second-order valence-electron chi connectivity index (χ2n) is 5.47. The fraction of sp³-hybridized carbons (Fsp3) is 0.118. The van der Waals surface area contributed by atoms with E-state index in [2.05, 4.69) is 25.8 Å². The molecule has 4 rings (SSSR count). The van der Waals surface area contributed by atoms with Crippen molar-refractivity contribution in [1.82, 2.24) is 25.2 Å². The van der Waals surface area contributed by atoms with Crippen LogP contribution in [0.15, 0.2) is 48.5 Å². The van der Waals surface area contributed by atoms with Crippen LogP contribution in [-0.4, -0.2) is 31.1 Å². The van der Waals surface area contributed by atoms with Gasteiger partial charge in [-0.15, -0.1) is 5.10 Å². The van der Waals surface area contributed by atoms with Crippen molar-refractivity contribution in [2.45, 2.75) is 6.61 Å². The molecule has 8 nitrogen and oxygen atoms in total. The third-order valence-corrected chi connectivity index (χ3v) is 4.66. The number of ether oxygens (including phenoxy) is 1. The Balaban J connectivity index is 1.41. The Kier molecular flexibility index (Phi) is 4.28. The summed E-state index contributed by atoms with van der Waals surface area (Å²) in [6.07, 6.45) is 0. The van der Waals surface area contributed by atoms with E-state index in [1.54, 1.807) is 36.0 Å². The molecule has 9 heteroatoms. The van der Waals surface area contributed by atoms with E-state index in [0.29, 0.717) is 22.3 Å². The molecule has 0 aliphatic heterocycles. The topological polar surface area (TPSA) is 94.8 Å². The minimum absolute atomic E-state index is 0.215. The number of nitrogens with one attached hydrogen (secondary N) is 1. The van der Waals surface area contributed by atoms with Crippen LogP contribution in [0.4, 0.5) is 5.13 Å². The fourth-order valence-electron chi connectivity index (χ4n) is 2.32. The summed E-state index contributed by atoms with van der Waals surface area (Å²) in [4.78, 5) is 16.8. The summed E-state index contributed by atoms with van der Waals surface area (Å²) in [6, 6.07) is 14.6. The number of tetrazole rings is 1. The summed E-state index contributed by atoms with van der Waals surface area (Å²) in [6.45, 7) is 0.251. The number of carbonyl (C=O) groups is 1. The number of aryl methyl sites for hydroxylation is 1. The van der Waals surface area contributed by atoms with Gasteiger partial charge in [0, 0.05) is 12.6 Å². The average molecular weight is 366 g/mol. The van der Waals surface area contributed by atoms with Gasteiger partial charge in [-0.1, -0.05) is 23.5 Å². The summed E-state index contributed by atoms with van der Waals surface area (Å²) in [5.74, 6) is 1.03. The third-order valence-electron chi connectivity index (χ3n) is 3.71. The van der Waals surface area contributed by atoms with Crippen molar-refractivity contribution in [3.05, 3.63) is 59.9 Å². The van der Waals surface area contributed by atoms with Crippen LogP contribution in [0.2, 0.25) is 0 Å². The molecule has 2 heterocycles. The molecule has 130 valence electrons.